The minimum absolute atomic E-state index is 0.564. The predicted molar refractivity (Wildman–Crippen MR) is 106 cm³/mol. The Morgan fingerprint density at radius 1 is 0.870 bits per heavy atom. The summed E-state index contributed by atoms with van der Waals surface area (Å²) in [6, 6.07) is 0. The lowest BCUT2D eigenvalue weighted by molar-refractivity contribution is 0.231. The fraction of sp³-hybridized carbons (Fsp3) is 1.00. The number of hydrogen-bond acceptors (Lipinski definition) is 0. The molecule has 0 aromatic carbocycles. The molecule has 0 N–H and O–H groups in total. The summed E-state index contributed by atoms with van der Waals surface area (Å²) in [5.74, 6) is 4.11. The minimum atomic E-state index is 0.564. The molecule has 0 amide bonds. The monoisotopic (exact) mass is 322 g/mol. The molecule has 23 heavy (non-hydrogen) atoms. The fourth-order valence-corrected chi connectivity index (χ4v) is 4.46. The lowest BCUT2D eigenvalue weighted by Crippen LogP contribution is -2.16. The smallest absolute Gasteiger partial charge is 0.0352 e. The molecule has 1 aliphatic carbocycles. The molecular weight excluding hydrogens is 276 g/mol. The quantitative estimate of drug-likeness (QED) is 0.282. The summed E-state index contributed by atoms with van der Waals surface area (Å²) in [5, 5.41) is 0. The van der Waals surface area contributed by atoms with Gasteiger partial charge in [-0.15, -0.1) is 0 Å². The SMILES string of the molecule is CCC(C)CC1CC1CCCCCCC(C)(C)CC(CC)CC. The average molecular weight is 323 g/mol. The van der Waals surface area contributed by atoms with Crippen LogP contribution in [-0.4, -0.2) is 0 Å². The van der Waals surface area contributed by atoms with Gasteiger partial charge in [-0.2, -0.15) is 0 Å². The molecule has 0 heterocycles. The van der Waals surface area contributed by atoms with Gasteiger partial charge in [0.25, 0.3) is 0 Å². The van der Waals surface area contributed by atoms with E-state index >= 15 is 0 Å². The molecule has 0 aromatic rings. The van der Waals surface area contributed by atoms with E-state index in [1.165, 1.54) is 70.6 Å². The summed E-state index contributed by atoms with van der Waals surface area (Å²) in [5.41, 5.74) is 0.564. The Balaban J connectivity index is 1.99. The van der Waals surface area contributed by atoms with E-state index in [1.807, 2.05) is 0 Å². The summed E-state index contributed by atoms with van der Waals surface area (Å²) in [6.07, 6.45) is 17.4. The van der Waals surface area contributed by atoms with Gasteiger partial charge in [-0.3, -0.25) is 0 Å². The van der Waals surface area contributed by atoms with Gasteiger partial charge in [0.15, 0.2) is 0 Å². The van der Waals surface area contributed by atoms with Gasteiger partial charge in [-0.05, 0) is 54.8 Å². The van der Waals surface area contributed by atoms with Crippen molar-refractivity contribution in [2.45, 2.75) is 119 Å². The van der Waals surface area contributed by atoms with Crippen molar-refractivity contribution in [1.82, 2.24) is 0 Å². The maximum absolute atomic E-state index is 2.50. The van der Waals surface area contributed by atoms with Gasteiger partial charge in [-0.1, -0.05) is 92.9 Å². The number of rotatable bonds is 14. The molecule has 138 valence electrons. The molecule has 3 unspecified atom stereocenters. The molecule has 1 aliphatic rings. The topological polar surface area (TPSA) is 0 Å². The standard InChI is InChI=1S/C23H46/c1-7-19(4)16-22-17-21(22)14-12-10-11-13-15-23(5,6)18-20(8-2)9-3/h19-22H,7-18H2,1-6H3. The second-order valence-corrected chi connectivity index (χ2v) is 9.51. The number of unbranched alkanes of at least 4 members (excludes halogenated alkanes) is 3. The molecule has 0 bridgehead atoms. The van der Waals surface area contributed by atoms with Crippen molar-refractivity contribution >= 4 is 0 Å². The molecule has 0 aliphatic heterocycles. The third-order valence-corrected chi connectivity index (χ3v) is 6.65. The molecule has 0 aromatic heterocycles. The Kier molecular flexibility index (Phi) is 9.86. The highest BCUT2D eigenvalue weighted by atomic mass is 14.4. The molecule has 0 saturated heterocycles. The van der Waals surface area contributed by atoms with Gasteiger partial charge in [0.1, 0.15) is 0 Å². The van der Waals surface area contributed by atoms with Crippen LogP contribution in [0.5, 0.6) is 0 Å². The van der Waals surface area contributed by atoms with Crippen molar-refractivity contribution in [2.75, 3.05) is 0 Å². The van der Waals surface area contributed by atoms with Gasteiger partial charge in [0.2, 0.25) is 0 Å². The average Bonchev–Trinajstić information content (AvgIpc) is 3.26. The molecule has 0 spiro atoms. The van der Waals surface area contributed by atoms with E-state index in [2.05, 4.69) is 41.5 Å². The molecular formula is C23H46. The number of hydrogen-bond donors (Lipinski definition) is 0. The highest BCUT2D eigenvalue weighted by molar-refractivity contribution is 4.86. The van der Waals surface area contributed by atoms with Crippen molar-refractivity contribution < 1.29 is 0 Å². The van der Waals surface area contributed by atoms with Crippen LogP contribution in [0.15, 0.2) is 0 Å². The summed E-state index contributed by atoms with van der Waals surface area (Å²) in [6.45, 7) is 14.5. The highest BCUT2D eigenvalue weighted by Crippen LogP contribution is 2.46. The van der Waals surface area contributed by atoms with E-state index in [1.54, 1.807) is 6.42 Å². The van der Waals surface area contributed by atoms with Crippen LogP contribution in [0.3, 0.4) is 0 Å². The third kappa shape index (κ3) is 9.16. The van der Waals surface area contributed by atoms with Crippen LogP contribution < -0.4 is 0 Å². The van der Waals surface area contributed by atoms with Gasteiger partial charge < -0.3 is 0 Å². The van der Waals surface area contributed by atoms with E-state index in [0.717, 1.165) is 23.7 Å². The van der Waals surface area contributed by atoms with Crippen LogP contribution >= 0.6 is 0 Å². The van der Waals surface area contributed by atoms with Crippen molar-refractivity contribution in [3.63, 3.8) is 0 Å². The second-order valence-electron chi connectivity index (χ2n) is 9.51. The highest BCUT2D eigenvalue weighted by Gasteiger charge is 2.36. The van der Waals surface area contributed by atoms with Crippen LogP contribution in [0.1, 0.15) is 119 Å². The van der Waals surface area contributed by atoms with Crippen molar-refractivity contribution in [3.05, 3.63) is 0 Å². The maximum Gasteiger partial charge on any atom is -0.0352 e. The van der Waals surface area contributed by atoms with Crippen LogP contribution in [0.25, 0.3) is 0 Å². The van der Waals surface area contributed by atoms with Crippen LogP contribution in [-0.2, 0) is 0 Å². The molecule has 3 atom stereocenters. The van der Waals surface area contributed by atoms with Crippen LogP contribution in [0.2, 0.25) is 0 Å². The Bertz CT molecular complexity index is 286. The van der Waals surface area contributed by atoms with E-state index in [0.29, 0.717) is 5.41 Å². The summed E-state index contributed by atoms with van der Waals surface area (Å²) < 4.78 is 0. The molecule has 1 saturated carbocycles. The van der Waals surface area contributed by atoms with Crippen molar-refractivity contribution in [1.29, 1.82) is 0 Å². The first kappa shape index (κ1) is 21.0. The summed E-state index contributed by atoms with van der Waals surface area (Å²) in [7, 11) is 0. The second kappa shape index (κ2) is 10.8. The third-order valence-electron chi connectivity index (χ3n) is 6.65. The van der Waals surface area contributed by atoms with Crippen LogP contribution in [0.4, 0.5) is 0 Å². The Morgan fingerprint density at radius 2 is 1.52 bits per heavy atom. The van der Waals surface area contributed by atoms with Gasteiger partial charge >= 0.3 is 0 Å². The first-order valence-electron chi connectivity index (χ1n) is 10.9. The van der Waals surface area contributed by atoms with E-state index in [-0.39, 0.29) is 0 Å². The van der Waals surface area contributed by atoms with E-state index in [9.17, 15) is 0 Å². The molecule has 1 fully saturated rings. The molecule has 1 rings (SSSR count). The van der Waals surface area contributed by atoms with E-state index < -0.39 is 0 Å². The molecule has 0 heteroatoms. The first-order chi connectivity index (χ1) is 10.9. The van der Waals surface area contributed by atoms with Crippen LogP contribution in [0, 0.1) is 29.1 Å². The normalized spacial score (nSPS) is 22.6. The summed E-state index contributed by atoms with van der Waals surface area (Å²) >= 11 is 0. The Morgan fingerprint density at radius 3 is 2.13 bits per heavy atom. The molecule has 0 radical (unpaired) electrons. The van der Waals surface area contributed by atoms with E-state index in [4.69, 9.17) is 0 Å². The van der Waals surface area contributed by atoms with Crippen molar-refractivity contribution in [2.24, 2.45) is 29.1 Å². The van der Waals surface area contributed by atoms with Crippen molar-refractivity contribution in [3.8, 4) is 0 Å². The zero-order chi connectivity index (χ0) is 17.3. The predicted octanol–water partition coefficient (Wildman–Crippen LogP) is 8.25. The Hall–Kier alpha value is 0. The lowest BCUT2D eigenvalue weighted by atomic mass is 9.77. The van der Waals surface area contributed by atoms with Gasteiger partial charge in [0.05, 0.1) is 0 Å². The largest absolute Gasteiger partial charge is 0.0651 e. The van der Waals surface area contributed by atoms with Gasteiger partial charge in [-0.25, -0.2) is 0 Å². The fourth-order valence-electron chi connectivity index (χ4n) is 4.46. The molecule has 0 nitrogen and oxygen atoms in total. The zero-order valence-corrected chi connectivity index (χ0v) is 17.3. The zero-order valence-electron chi connectivity index (χ0n) is 17.3. The first-order valence-corrected chi connectivity index (χ1v) is 10.9. The lowest BCUT2D eigenvalue weighted by Gasteiger charge is -2.29. The Labute approximate surface area is 148 Å². The summed E-state index contributed by atoms with van der Waals surface area (Å²) in [4.78, 5) is 0. The van der Waals surface area contributed by atoms with Gasteiger partial charge in [0, 0.05) is 0 Å². The maximum atomic E-state index is 2.50. The minimum Gasteiger partial charge on any atom is -0.0651 e.